The summed E-state index contributed by atoms with van der Waals surface area (Å²) in [6.45, 7) is 2.90. The predicted octanol–water partition coefficient (Wildman–Crippen LogP) is 3.29. The number of aliphatic hydroxyl groups excluding tert-OH is 5. The van der Waals surface area contributed by atoms with Crippen molar-refractivity contribution in [1.82, 2.24) is 30.7 Å². The lowest BCUT2D eigenvalue weighted by molar-refractivity contribution is -0.271. The number of aliphatic carboxylic acids is 1. The van der Waals surface area contributed by atoms with E-state index in [0.29, 0.717) is 53.0 Å². The molecule has 25 nitrogen and oxygen atoms in total. The van der Waals surface area contributed by atoms with E-state index in [0.717, 1.165) is 28.9 Å². The summed E-state index contributed by atoms with van der Waals surface area (Å²) in [7, 11) is 0. The molecule has 0 spiro atoms. The van der Waals surface area contributed by atoms with Gasteiger partial charge in [0.05, 0.1) is 30.0 Å². The molecule has 0 radical (unpaired) electrons. The second kappa shape index (κ2) is 23.9. The smallest absolute Gasteiger partial charge is 0.413 e. The maximum atomic E-state index is 14.0. The number of hydrogen-bond donors (Lipinski definition) is 9. The summed E-state index contributed by atoms with van der Waals surface area (Å²) in [4.78, 5) is 82.0. The van der Waals surface area contributed by atoms with Gasteiger partial charge < -0.3 is 65.0 Å². The Labute approximate surface area is 489 Å². The van der Waals surface area contributed by atoms with Gasteiger partial charge >= 0.3 is 12.1 Å². The lowest BCUT2D eigenvalue weighted by Gasteiger charge is -2.59. The molecule has 5 aromatic rings. The first-order chi connectivity index (χ1) is 40.8. The monoisotopic (exact) mass is 1190 g/mol. The fraction of sp³-hybridized carbons (Fsp3) is 0.441. The Kier molecular flexibility index (Phi) is 16.6. The summed E-state index contributed by atoms with van der Waals surface area (Å²) in [5.74, 6) is -3.19. The lowest BCUT2D eigenvalue weighted by Crippen LogP contribution is -2.63. The number of carboxylic acid groups (broad SMARTS) is 1. The summed E-state index contributed by atoms with van der Waals surface area (Å²) in [5, 5.41) is 88.5. The molecule has 6 aliphatic rings. The SMILES string of the molecule is C[C@]12C=CC(=O)C=C1CC[C@@H]1[C@@H]2[C@@H](O)C[C@@]2(C)[C@H]1C[C@H]1O[C@@H](c3ccc(Cc4csc(NC(=O)OCc5ccc(O[C@@H]6O[C@H](C(=O)O)[C@@H](O)[C@H](O)[C@H]6O)c(NC(=O)CCNC(=O)Cc6ccc(-c7nncnn7)cc6)c5)n4)cc3)O[C@]12C(=O)CO. The van der Waals surface area contributed by atoms with E-state index in [4.69, 9.17) is 23.7 Å². The molecule has 0 bridgehead atoms. The highest BCUT2D eigenvalue weighted by molar-refractivity contribution is 7.13. The van der Waals surface area contributed by atoms with Crippen LogP contribution in [-0.4, -0.2) is 153 Å². The Hall–Kier alpha value is -7.79. The summed E-state index contributed by atoms with van der Waals surface area (Å²) >= 11 is 1.16. The van der Waals surface area contributed by atoms with E-state index < -0.39 is 96.0 Å². The van der Waals surface area contributed by atoms with Crippen LogP contribution < -0.4 is 20.7 Å². The molecule has 0 unspecified atom stereocenters. The Bertz CT molecular complexity index is 3440. The summed E-state index contributed by atoms with van der Waals surface area (Å²) in [6, 6.07) is 18.5. The third kappa shape index (κ3) is 11.5. The van der Waals surface area contributed by atoms with Crippen molar-refractivity contribution < 1.29 is 83.1 Å². The summed E-state index contributed by atoms with van der Waals surface area (Å²) < 4.78 is 30.0. The van der Waals surface area contributed by atoms with Crippen molar-refractivity contribution in [2.24, 2.45) is 28.6 Å². The quantitative estimate of drug-likeness (QED) is 0.0608. The predicted molar refractivity (Wildman–Crippen MR) is 296 cm³/mol. The maximum Gasteiger partial charge on any atom is 0.413 e. The first kappa shape index (κ1) is 59.0. The van der Waals surface area contributed by atoms with Crippen LogP contribution in [0, 0.1) is 28.6 Å². The number of anilines is 2. The van der Waals surface area contributed by atoms with Crippen molar-refractivity contribution in [2.45, 2.75) is 120 Å². The van der Waals surface area contributed by atoms with Crippen LogP contribution in [0.15, 0.2) is 102 Å². The molecule has 26 heteroatoms. The zero-order valence-corrected chi connectivity index (χ0v) is 46.8. The molecule has 446 valence electrons. The van der Waals surface area contributed by atoms with Crippen LogP contribution in [0.2, 0.25) is 0 Å². The standard InChI is InChI=1S/C59H62N8O17S/c1-57-17-15-36(69)22-34(57)12-13-37-38-23-43-59(42(71)25-68,58(38,2)24-40(70)46(37)57)84-53(82-43)33-10-5-29(6-11-33)19-35-27-85-55(63-35)65-56(79)80-26-31-7-14-41(81-54-49(76)47(74)48(75)50(83-54)52(77)78)39(20-31)64-44(72)16-18-60-45(73)21-30-3-8-32(9-4-30)51-66-61-28-62-67-51/h3-11,14-15,17,20,22,27-28,37-38,40,43,46-50,53-54,68,70,74-76H,12-13,16,18-19,21,23-26H2,1-2H3,(H,60,73)(H,64,72)(H,77,78)(H,63,65,79)/t37-,38-,40-,43+,46+,47-,48-,49+,50-,53+,54+,57-,58-,59+/m0/s1. The number of thiazole rings is 1. The van der Waals surface area contributed by atoms with E-state index in [-0.39, 0.29) is 78.4 Å². The normalized spacial score (nSPS) is 30.8. The number of Topliss-reactive ketones (excluding diaryl/α,β-unsaturated/α-hetero) is 1. The Morgan fingerprint density at radius 1 is 0.871 bits per heavy atom. The fourth-order valence-electron chi connectivity index (χ4n) is 13.6. The number of nitrogens with zero attached hydrogens (tertiary/aromatic N) is 5. The molecule has 2 aliphatic heterocycles. The van der Waals surface area contributed by atoms with Crippen LogP contribution >= 0.6 is 11.3 Å². The second-order valence-corrected chi connectivity index (χ2v) is 23.5. The van der Waals surface area contributed by atoms with Gasteiger partial charge in [-0.1, -0.05) is 80.1 Å². The van der Waals surface area contributed by atoms with E-state index >= 15 is 0 Å². The van der Waals surface area contributed by atoms with E-state index in [9.17, 15) is 59.4 Å². The Morgan fingerprint density at radius 3 is 2.35 bits per heavy atom. The van der Waals surface area contributed by atoms with Crippen molar-refractivity contribution in [3.05, 3.63) is 130 Å². The fourth-order valence-corrected chi connectivity index (χ4v) is 14.3. The number of fused-ring (bicyclic) bond motifs is 7. The molecule has 3 saturated carbocycles. The molecular weight excluding hydrogens is 1120 g/mol. The van der Waals surface area contributed by atoms with Crippen molar-refractivity contribution in [3.63, 3.8) is 0 Å². The number of carbonyl (C=O) groups excluding carboxylic acids is 5. The van der Waals surface area contributed by atoms with Gasteiger partial charge in [0.25, 0.3) is 0 Å². The van der Waals surface area contributed by atoms with E-state index in [1.165, 1.54) is 24.5 Å². The van der Waals surface area contributed by atoms with Gasteiger partial charge in [0, 0.05) is 52.6 Å². The van der Waals surface area contributed by atoms with Crippen LogP contribution in [0.4, 0.5) is 15.6 Å². The first-order valence-electron chi connectivity index (χ1n) is 27.7. The van der Waals surface area contributed by atoms with Crippen LogP contribution in [0.5, 0.6) is 5.75 Å². The minimum Gasteiger partial charge on any atom is -0.479 e. The number of amides is 3. The van der Waals surface area contributed by atoms with Crippen molar-refractivity contribution in [3.8, 4) is 17.1 Å². The van der Waals surface area contributed by atoms with E-state index in [1.54, 1.807) is 41.8 Å². The molecule has 14 atom stereocenters. The Morgan fingerprint density at radius 2 is 1.61 bits per heavy atom. The highest BCUT2D eigenvalue weighted by Crippen LogP contribution is 2.70. The number of ketones is 2. The van der Waals surface area contributed by atoms with E-state index in [2.05, 4.69) is 48.3 Å². The van der Waals surface area contributed by atoms with Crippen LogP contribution in [0.25, 0.3) is 11.4 Å². The second-order valence-electron chi connectivity index (χ2n) is 22.7. The third-order valence-corrected chi connectivity index (χ3v) is 18.4. The minimum atomic E-state index is -1.99. The van der Waals surface area contributed by atoms with Gasteiger partial charge in [0.15, 0.2) is 41.0 Å². The molecule has 3 aromatic carbocycles. The number of rotatable bonds is 18. The van der Waals surface area contributed by atoms with Crippen LogP contribution in [-0.2, 0) is 62.4 Å². The third-order valence-electron chi connectivity index (χ3n) is 17.6. The molecule has 4 aliphatic carbocycles. The number of hydrogen-bond acceptors (Lipinski definition) is 22. The number of aliphatic hydroxyl groups is 5. The molecule has 9 N–H and O–H groups in total. The molecule has 3 amide bonds. The molecular formula is C59H62N8O17S. The number of allylic oxidation sites excluding steroid dienone is 4. The van der Waals surface area contributed by atoms with Crippen LogP contribution in [0.1, 0.15) is 80.2 Å². The number of aromatic nitrogens is 5. The highest BCUT2D eigenvalue weighted by atomic mass is 32.1. The number of carboxylic acids is 1. The molecule has 4 heterocycles. The molecule has 11 rings (SSSR count). The average Bonchev–Trinajstić information content (AvgIpc) is 1.56. The minimum absolute atomic E-state index is 0.00202. The van der Waals surface area contributed by atoms with Gasteiger partial charge in [-0.3, -0.25) is 24.5 Å². The molecule has 2 saturated heterocycles. The first-order valence-corrected chi connectivity index (χ1v) is 28.6. The van der Waals surface area contributed by atoms with Crippen LogP contribution in [0.3, 0.4) is 0 Å². The lowest BCUT2D eigenvalue weighted by atomic mass is 9.46. The summed E-state index contributed by atoms with van der Waals surface area (Å²) in [6.07, 6.45) is -4.14. The maximum absolute atomic E-state index is 14.0. The van der Waals surface area contributed by atoms with Gasteiger partial charge in [-0.15, -0.1) is 31.7 Å². The van der Waals surface area contributed by atoms with Crippen molar-refractivity contribution in [2.75, 3.05) is 23.8 Å². The zero-order chi connectivity index (χ0) is 60.0. The topological polar surface area (TPSA) is 370 Å². The zero-order valence-electron chi connectivity index (χ0n) is 46.0. The largest absolute Gasteiger partial charge is 0.479 e. The van der Waals surface area contributed by atoms with Gasteiger partial charge in [-0.05, 0) is 78.5 Å². The number of ether oxygens (including phenoxy) is 5. The molecule has 2 aromatic heterocycles. The van der Waals surface area contributed by atoms with Crippen molar-refractivity contribution >= 4 is 57.6 Å². The summed E-state index contributed by atoms with van der Waals surface area (Å²) in [5.41, 5.74) is 1.94. The molecule has 5 fully saturated rings. The van der Waals surface area contributed by atoms with Gasteiger partial charge in [0.1, 0.15) is 37.3 Å². The van der Waals surface area contributed by atoms with Gasteiger partial charge in [0.2, 0.25) is 23.9 Å². The average molecular weight is 1190 g/mol. The highest BCUT2D eigenvalue weighted by Gasteiger charge is 2.76. The number of benzene rings is 3. The van der Waals surface area contributed by atoms with Gasteiger partial charge in [-0.2, -0.15) is 0 Å². The number of carbonyl (C=O) groups is 6. The van der Waals surface area contributed by atoms with Gasteiger partial charge in [-0.25, -0.2) is 14.6 Å². The van der Waals surface area contributed by atoms with E-state index in [1.807, 2.05) is 37.3 Å². The Balaban J connectivity index is 0.695. The number of nitrogens with one attached hydrogen (secondary N) is 3. The molecule has 85 heavy (non-hydrogen) atoms. The van der Waals surface area contributed by atoms with Crippen molar-refractivity contribution in [1.29, 1.82) is 0 Å².